The number of pyridine rings is 1. The minimum atomic E-state index is -0.272. The molecule has 5 nitrogen and oxygen atoms in total. The van der Waals surface area contributed by atoms with Crippen LogP contribution < -0.4 is 0 Å². The first-order chi connectivity index (χ1) is 15.1. The first-order valence-corrected chi connectivity index (χ1v) is 10.1. The summed E-state index contributed by atoms with van der Waals surface area (Å²) in [6.45, 7) is 0. The first-order valence-electron chi connectivity index (χ1n) is 10.1. The lowest BCUT2D eigenvalue weighted by atomic mass is 10.1. The molecule has 1 aliphatic rings. The molecule has 0 spiro atoms. The average Bonchev–Trinajstić information content (AvgIpc) is 3.27. The lowest BCUT2D eigenvalue weighted by Crippen LogP contribution is -2.24. The van der Waals surface area contributed by atoms with Crippen molar-refractivity contribution in [1.82, 2.24) is 14.5 Å². The van der Waals surface area contributed by atoms with E-state index in [1.165, 1.54) is 11.9 Å². The molecule has 0 aliphatic carbocycles. The van der Waals surface area contributed by atoms with Crippen molar-refractivity contribution in [3.63, 3.8) is 0 Å². The van der Waals surface area contributed by atoms with Gasteiger partial charge in [-0.15, -0.1) is 0 Å². The van der Waals surface area contributed by atoms with Crippen LogP contribution in [0.5, 0.6) is 0 Å². The van der Waals surface area contributed by atoms with Gasteiger partial charge in [0.05, 0.1) is 33.5 Å². The third-order valence-corrected chi connectivity index (χ3v) is 5.97. The van der Waals surface area contributed by atoms with Crippen molar-refractivity contribution in [2.24, 2.45) is 0 Å². The first kappa shape index (κ1) is 17.6. The second-order valence-corrected chi connectivity index (χ2v) is 7.67. The van der Waals surface area contributed by atoms with Gasteiger partial charge in [0.1, 0.15) is 0 Å². The summed E-state index contributed by atoms with van der Waals surface area (Å²) >= 11 is 0. The standard InChI is InChI=1S/C26H17N3O2/c1-28-25(30)18-8-6-11-23(24(18)26(28)31)29-21-10-3-2-7-17(21)19-15-16(12-13-22(19)29)20-9-4-5-14-27-20/h2-15H,1H3. The Hall–Kier alpha value is -4.25. The van der Waals surface area contributed by atoms with Crippen molar-refractivity contribution in [3.8, 4) is 16.9 Å². The second-order valence-electron chi connectivity index (χ2n) is 7.67. The molecule has 3 heterocycles. The van der Waals surface area contributed by atoms with Crippen LogP contribution in [-0.4, -0.2) is 33.3 Å². The highest BCUT2D eigenvalue weighted by Gasteiger charge is 2.35. The van der Waals surface area contributed by atoms with Crippen LogP contribution in [0.4, 0.5) is 0 Å². The van der Waals surface area contributed by atoms with Gasteiger partial charge < -0.3 is 4.57 Å². The molecule has 2 amide bonds. The third-order valence-electron chi connectivity index (χ3n) is 5.97. The van der Waals surface area contributed by atoms with Crippen molar-refractivity contribution >= 4 is 33.6 Å². The number of carbonyl (C=O) groups excluding carboxylic acids is 2. The molecule has 0 atom stereocenters. The van der Waals surface area contributed by atoms with Crippen molar-refractivity contribution in [3.05, 3.63) is 96.2 Å². The number of hydrogen-bond donors (Lipinski definition) is 0. The fourth-order valence-electron chi connectivity index (χ4n) is 4.50. The van der Waals surface area contributed by atoms with Gasteiger partial charge in [0.25, 0.3) is 11.8 Å². The van der Waals surface area contributed by atoms with Crippen LogP contribution in [-0.2, 0) is 0 Å². The number of amides is 2. The molecular weight excluding hydrogens is 386 g/mol. The molecular formula is C26H17N3O2. The second kappa shape index (κ2) is 6.37. The van der Waals surface area contributed by atoms with Crippen molar-refractivity contribution in [1.29, 1.82) is 0 Å². The summed E-state index contributed by atoms with van der Waals surface area (Å²) in [6, 6.07) is 25.7. The van der Waals surface area contributed by atoms with E-state index in [1.54, 1.807) is 12.3 Å². The normalized spacial score (nSPS) is 13.4. The summed E-state index contributed by atoms with van der Waals surface area (Å²) < 4.78 is 2.08. The van der Waals surface area contributed by atoms with Gasteiger partial charge in [0.15, 0.2) is 0 Å². The van der Waals surface area contributed by atoms with E-state index in [0.29, 0.717) is 11.1 Å². The molecule has 0 saturated carbocycles. The number of imide groups is 1. The third kappa shape index (κ3) is 2.40. The molecule has 1 aliphatic heterocycles. The quantitative estimate of drug-likeness (QED) is 0.387. The van der Waals surface area contributed by atoms with Crippen molar-refractivity contribution in [2.75, 3.05) is 7.05 Å². The van der Waals surface area contributed by atoms with Crippen molar-refractivity contribution < 1.29 is 9.59 Å². The molecule has 0 saturated heterocycles. The summed E-state index contributed by atoms with van der Waals surface area (Å²) in [5.41, 5.74) is 5.51. The van der Waals surface area contributed by atoms with Gasteiger partial charge >= 0.3 is 0 Å². The van der Waals surface area contributed by atoms with Crippen LogP contribution in [0.2, 0.25) is 0 Å². The molecule has 31 heavy (non-hydrogen) atoms. The van der Waals surface area contributed by atoms with E-state index in [-0.39, 0.29) is 11.8 Å². The summed E-state index contributed by atoms with van der Waals surface area (Å²) in [4.78, 5) is 31.1. The zero-order valence-corrected chi connectivity index (χ0v) is 16.7. The largest absolute Gasteiger partial charge is 0.308 e. The van der Waals surface area contributed by atoms with E-state index in [0.717, 1.165) is 38.8 Å². The molecule has 2 aromatic heterocycles. The van der Waals surface area contributed by atoms with E-state index in [1.807, 2.05) is 54.6 Å². The number of para-hydroxylation sites is 1. The monoisotopic (exact) mass is 403 g/mol. The molecule has 3 aromatic carbocycles. The fourth-order valence-corrected chi connectivity index (χ4v) is 4.50. The molecule has 0 unspecified atom stereocenters. The van der Waals surface area contributed by atoms with Gasteiger partial charge in [0.2, 0.25) is 0 Å². The molecule has 0 radical (unpaired) electrons. The zero-order chi connectivity index (χ0) is 21.1. The number of hydrogen-bond acceptors (Lipinski definition) is 3. The highest BCUT2D eigenvalue weighted by molar-refractivity contribution is 6.23. The van der Waals surface area contributed by atoms with E-state index >= 15 is 0 Å². The maximum Gasteiger partial charge on any atom is 0.263 e. The highest BCUT2D eigenvalue weighted by atomic mass is 16.2. The van der Waals surface area contributed by atoms with Crippen LogP contribution in [0, 0.1) is 0 Å². The molecule has 5 heteroatoms. The summed E-state index contributed by atoms with van der Waals surface area (Å²) in [5, 5.41) is 2.15. The number of carbonyl (C=O) groups is 2. The Morgan fingerprint density at radius 2 is 1.55 bits per heavy atom. The van der Waals surface area contributed by atoms with Gasteiger partial charge in [0, 0.05) is 29.6 Å². The molecule has 6 rings (SSSR count). The Labute approximate surface area is 178 Å². The van der Waals surface area contributed by atoms with E-state index in [4.69, 9.17) is 0 Å². The predicted molar refractivity (Wildman–Crippen MR) is 120 cm³/mol. The fraction of sp³-hybridized carbons (Fsp3) is 0.0385. The number of nitrogens with zero attached hydrogens (tertiary/aromatic N) is 3. The van der Waals surface area contributed by atoms with Gasteiger partial charge in [-0.1, -0.05) is 36.4 Å². The minimum absolute atomic E-state index is 0.264. The summed E-state index contributed by atoms with van der Waals surface area (Å²) in [6.07, 6.45) is 1.79. The maximum absolute atomic E-state index is 12.9. The minimum Gasteiger partial charge on any atom is -0.308 e. The number of aromatic nitrogens is 2. The number of rotatable bonds is 2. The Morgan fingerprint density at radius 1 is 0.742 bits per heavy atom. The maximum atomic E-state index is 12.9. The van der Waals surface area contributed by atoms with E-state index in [2.05, 4.69) is 27.8 Å². The van der Waals surface area contributed by atoms with Gasteiger partial charge in [-0.2, -0.15) is 0 Å². The van der Waals surface area contributed by atoms with Gasteiger partial charge in [-0.25, -0.2) is 0 Å². The zero-order valence-electron chi connectivity index (χ0n) is 16.7. The predicted octanol–water partition coefficient (Wildman–Crippen LogP) is 5.07. The van der Waals surface area contributed by atoms with Crippen LogP contribution in [0.15, 0.2) is 85.1 Å². The topological polar surface area (TPSA) is 55.2 Å². The highest BCUT2D eigenvalue weighted by Crippen LogP contribution is 2.37. The van der Waals surface area contributed by atoms with Crippen molar-refractivity contribution in [2.45, 2.75) is 0 Å². The molecule has 0 fully saturated rings. The lowest BCUT2D eigenvalue weighted by molar-refractivity contribution is 0.0693. The summed E-state index contributed by atoms with van der Waals surface area (Å²) in [7, 11) is 1.53. The summed E-state index contributed by atoms with van der Waals surface area (Å²) in [5.74, 6) is -0.535. The Balaban J connectivity index is 1.69. The van der Waals surface area contributed by atoms with E-state index < -0.39 is 0 Å². The lowest BCUT2D eigenvalue weighted by Gasteiger charge is -2.12. The number of benzene rings is 3. The smallest absolute Gasteiger partial charge is 0.263 e. The Morgan fingerprint density at radius 3 is 2.39 bits per heavy atom. The van der Waals surface area contributed by atoms with Crippen LogP contribution in [0.1, 0.15) is 20.7 Å². The SMILES string of the molecule is CN1C(=O)c2cccc(-n3c4ccccc4c4cc(-c5ccccn5)ccc43)c2C1=O. The molecule has 5 aromatic rings. The molecule has 0 N–H and O–H groups in total. The van der Waals surface area contributed by atoms with Gasteiger partial charge in [-0.05, 0) is 42.5 Å². The van der Waals surface area contributed by atoms with Crippen LogP contribution in [0.3, 0.4) is 0 Å². The molecule has 0 bridgehead atoms. The molecule has 148 valence electrons. The van der Waals surface area contributed by atoms with Crippen LogP contribution in [0.25, 0.3) is 38.8 Å². The Bertz CT molecular complexity index is 1530. The number of fused-ring (bicyclic) bond motifs is 4. The Kier molecular flexibility index (Phi) is 3.62. The van der Waals surface area contributed by atoms with Crippen LogP contribution >= 0.6 is 0 Å². The van der Waals surface area contributed by atoms with Gasteiger partial charge in [-0.3, -0.25) is 19.5 Å². The average molecular weight is 403 g/mol. The van der Waals surface area contributed by atoms with E-state index in [9.17, 15) is 9.59 Å².